The highest BCUT2D eigenvalue weighted by Crippen LogP contribution is 2.29. The number of hydrogen-bond donors (Lipinski definition) is 0. The van der Waals surface area contributed by atoms with Crippen LogP contribution in [0.4, 0.5) is 0 Å². The fraction of sp³-hybridized carbons (Fsp3) is 0.0870. The van der Waals surface area contributed by atoms with Crippen molar-refractivity contribution in [1.82, 2.24) is 0 Å². The van der Waals surface area contributed by atoms with Gasteiger partial charge in [0.25, 0.3) is 0 Å². The minimum Gasteiger partial charge on any atom is -0.497 e. The fourth-order valence-electron chi connectivity index (χ4n) is 2.42. The van der Waals surface area contributed by atoms with E-state index in [1.54, 1.807) is 13.2 Å². The van der Waals surface area contributed by atoms with Crippen LogP contribution in [0.3, 0.4) is 0 Å². The molecule has 0 fully saturated rings. The van der Waals surface area contributed by atoms with Crippen molar-refractivity contribution in [3.05, 3.63) is 84.4 Å². The number of hydrogen-bond acceptors (Lipinski definition) is 5. The number of para-hydroxylation sites is 1. The molecule has 0 spiro atoms. The zero-order chi connectivity index (χ0) is 19.8. The molecule has 0 saturated heterocycles. The lowest BCUT2D eigenvalue weighted by Crippen LogP contribution is -1.94. The van der Waals surface area contributed by atoms with E-state index in [1.807, 2.05) is 72.8 Å². The molecule has 0 heterocycles. The second-order valence-electron chi connectivity index (χ2n) is 5.75. The molecule has 3 rings (SSSR count). The predicted molar refractivity (Wildman–Crippen MR) is 107 cm³/mol. The molecule has 0 atom stereocenters. The quantitative estimate of drug-likeness (QED) is 0.404. The standard InChI is InChI=1S/C23H20O5/c1-25-18-8-10-19(11-9-18)27-20-12-14-21(15-13-20)28-22-6-4-3-5-17(22)7-16-23(24)26-2/h3-16H,1-2H3/b16-7+. The zero-order valence-corrected chi connectivity index (χ0v) is 15.6. The fourth-order valence-corrected chi connectivity index (χ4v) is 2.42. The van der Waals surface area contributed by atoms with Crippen molar-refractivity contribution < 1.29 is 23.7 Å². The Balaban J connectivity index is 1.69. The molecular weight excluding hydrogens is 356 g/mol. The van der Waals surface area contributed by atoms with Crippen molar-refractivity contribution in [3.63, 3.8) is 0 Å². The molecule has 0 aliphatic carbocycles. The van der Waals surface area contributed by atoms with Crippen molar-refractivity contribution in [2.45, 2.75) is 0 Å². The van der Waals surface area contributed by atoms with Crippen LogP contribution >= 0.6 is 0 Å². The molecule has 3 aromatic rings. The van der Waals surface area contributed by atoms with Crippen molar-refractivity contribution in [1.29, 1.82) is 0 Å². The van der Waals surface area contributed by atoms with Crippen LogP contribution in [0, 0.1) is 0 Å². The van der Waals surface area contributed by atoms with E-state index in [0.717, 1.165) is 11.3 Å². The summed E-state index contributed by atoms with van der Waals surface area (Å²) in [5, 5.41) is 0. The molecule has 0 bridgehead atoms. The molecule has 0 saturated carbocycles. The van der Waals surface area contributed by atoms with Gasteiger partial charge in [0, 0.05) is 11.6 Å². The molecule has 0 aliphatic heterocycles. The van der Waals surface area contributed by atoms with Crippen LogP contribution in [0.25, 0.3) is 6.08 Å². The summed E-state index contributed by atoms with van der Waals surface area (Å²) in [5.41, 5.74) is 0.770. The topological polar surface area (TPSA) is 54.0 Å². The van der Waals surface area contributed by atoms with E-state index in [4.69, 9.17) is 14.2 Å². The molecule has 0 aliphatic rings. The second kappa shape index (κ2) is 9.28. The number of methoxy groups -OCH3 is 2. The number of carbonyl (C=O) groups is 1. The van der Waals surface area contributed by atoms with E-state index in [0.29, 0.717) is 23.0 Å². The van der Waals surface area contributed by atoms with Crippen LogP contribution in [-0.2, 0) is 9.53 Å². The largest absolute Gasteiger partial charge is 0.497 e. The lowest BCUT2D eigenvalue weighted by atomic mass is 10.2. The van der Waals surface area contributed by atoms with Gasteiger partial charge in [0.15, 0.2) is 0 Å². The zero-order valence-electron chi connectivity index (χ0n) is 15.6. The Morgan fingerprint density at radius 1 is 0.714 bits per heavy atom. The molecule has 0 N–H and O–H groups in total. The maximum Gasteiger partial charge on any atom is 0.330 e. The number of rotatable bonds is 7. The second-order valence-corrected chi connectivity index (χ2v) is 5.75. The molecule has 0 amide bonds. The highest BCUT2D eigenvalue weighted by Gasteiger charge is 2.04. The van der Waals surface area contributed by atoms with E-state index in [-0.39, 0.29) is 0 Å². The van der Waals surface area contributed by atoms with Crippen molar-refractivity contribution in [2.75, 3.05) is 14.2 Å². The van der Waals surface area contributed by atoms with Gasteiger partial charge in [0.1, 0.15) is 28.7 Å². The van der Waals surface area contributed by atoms with Gasteiger partial charge in [-0.3, -0.25) is 0 Å². The highest BCUT2D eigenvalue weighted by atomic mass is 16.5. The van der Waals surface area contributed by atoms with E-state index in [9.17, 15) is 4.79 Å². The van der Waals surface area contributed by atoms with Gasteiger partial charge in [-0.15, -0.1) is 0 Å². The highest BCUT2D eigenvalue weighted by molar-refractivity contribution is 5.87. The Bertz CT molecular complexity index is 943. The van der Waals surface area contributed by atoms with Gasteiger partial charge in [-0.1, -0.05) is 18.2 Å². The summed E-state index contributed by atoms with van der Waals surface area (Å²) >= 11 is 0. The maximum absolute atomic E-state index is 11.3. The lowest BCUT2D eigenvalue weighted by molar-refractivity contribution is -0.134. The number of carbonyl (C=O) groups excluding carboxylic acids is 1. The minimum absolute atomic E-state index is 0.421. The van der Waals surface area contributed by atoms with Crippen molar-refractivity contribution in [3.8, 4) is 28.7 Å². The van der Waals surface area contributed by atoms with E-state index in [1.165, 1.54) is 13.2 Å². The average molecular weight is 376 g/mol. The monoisotopic (exact) mass is 376 g/mol. The summed E-state index contributed by atoms with van der Waals surface area (Å²) in [6.45, 7) is 0. The van der Waals surface area contributed by atoms with Crippen molar-refractivity contribution >= 4 is 12.0 Å². The molecule has 0 aromatic heterocycles. The summed E-state index contributed by atoms with van der Waals surface area (Å²) < 4.78 is 21.5. The van der Waals surface area contributed by atoms with Crippen LogP contribution in [0.1, 0.15) is 5.56 Å². The molecule has 28 heavy (non-hydrogen) atoms. The van der Waals surface area contributed by atoms with E-state index in [2.05, 4.69) is 4.74 Å². The number of esters is 1. The molecular formula is C23H20O5. The summed E-state index contributed by atoms with van der Waals surface area (Å²) in [5.74, 6) is 3.04. The third-order valence-corrected chi connectivity index (χ3v) is 3.87. The lowest BCUT2D eigenvalue weighted by Gasteiger charge is -2.10. The Hall–Kier alpha value is -3.73. The predicted octanol–water partition coefficient (Wildman–Crippen LogP) is 5.47. The molecule has 3 aromatic carbocycles. The Morgan fingerprint density at radius 2 is 1.25 bits per heavy atom. The van der Waals surface area contributed by atoms with Crippen LogP contribution in [-0.4, -0.2) is 20.2 Å². The first-order chi connectivity index (χ1) is 13.7. The van der Waals surface area contributed by atoms with Gasteiger partial charge < -0.3 is 18.9 Å². The Morgan fingerprint density at radius 3 is 1.82 bits per heavy atom. The molecule has 142 valence electrons. The normalized spacial score (nSPS) is 10.5. The maximum atomic E-state index is 11.3. The minimum atomic E-state index is -0.421. The first-order valence-electron chi connectivity index (χ1n) is 8.63. The van der Waals surface area contributed by atoms with Gasteiger partial charge in [-0.25, -0.2) is 4.79 Å². The Kier molecular flexibility index (Phi) is 6.31. The summed E-state index contributed by atoms with van der Waals surface area (Å²) in [6, 6.07) is 22.1. The van der Waals surface area contributed by atoms with Crippen LogP contribution in [0.2, 0.25) is 0 Å². The average Bonchev–Trinajstić information content (AvgIpc) is 2.75. The van der Waals surface area contributed by atoms with Gasteiger partial charge >= 0.3 is 5.97 Å². The van der Waals surface area contributed by atoms with Gasteiger partial charge in [0.05, 0.1) is 14.2 Å². The van der Waals surface area contributed by atoms with Crippen LogP contribution < -0.4 is 14.2 Å². The van der Waals surface area contributed by atoms with Crippen LogP contribution in [0.5, 0.6) is 28.7 Å². The first-order valence-corrected chi connectivity index (χ1v) is 8.63. The smallest absolute Gasteiger partial charge is 0.330 e. The third-order valence-electron chi connectivity index (χ3n) is 3.87. The molecule has 5 heteroatoms. The summed E-state index contributed by atoms with van der Waals surface area (Å²) in [6.07, 6.45) is 3.01. The van der Waals surface area contributed by atoms with E-state index >= 15 is 0 Å². The first kappa shape index (κ1) is 19.0. The molecule has 0 unspecified atom stereocenters. The van der Waals surface area contributed by atoms with Crippen molar-refractivity contribution in [2.24, 2.45) is 0 Å². The number of ether oxygens (including phenoxy) is 4. The molecule has 5 nitrogen and oxygen atoms in total. The Labute approximate surface area is 163 Å². The summed E-state index contributed by atoms with van der Waals surface area (Å²) in [7, 11) is 2.96. The molecule has 0 radical (unpaired) electrons. The van der Waals surface area contributed by atoms with E-state index < -0.39 is 5.97 Å². The number of benzene rings is 3. The van der Waals surface area contributed by atoms with Gasteiger partial charge in [0.2, 0.25) is 0 Å². The third kappa shape index (κ3) is 5.14. The summed E-state index contributed by atoms with van der Waals surface area (Å²) in [4.78, 5) is 11.3. The van der Waals surface area contributed by atoms with Crippen LogP contribution in [0.15, 0.2) is 78.9 Å². The SMILES string of the molecule is COC(=O)/C=C/c1ccccc1Oc1ccc(Oc2ccc(OC)cc2)cc1. The van der Waals surface area contributed by atoms with Gasteiger partial charge in [-0.05, 0) is 60.7 Å². The van der Waals surface area contributed by atoms with Gasteiger partial charge in [-0.2, -0.15) is 0 Å².